The molecule has 0 heterocycles. The predicted octanol–water partition coefficient (Wildman–Crippen LogP) is 2.52. The van der Waals surface area contributed by atoms with Gasteiger partial charge in [-0.3, -0.25) is 0 Å². The predicted molar refractivity (Wildman–Crippen MR) is 73.2 cm³/mol. The first-order chi connectivity index (χ1) is 9.37. The minimum absolute atomic E-state index is 0.108. The lowest BCUT2D eigenvalue weighted by Gasteiger charge is -2.21. The van der Waals surface area contributed by atoms with Gasteiger partial charge in [0.1, 0.15) is 16.5 Å². The van der Waals surface area contributed by atoms with E-state index < -0.39 is 31.6 Å². The summed E-state index contributed by atoms with van der Waals surface area (Å²) < 4.78 is 52.0. The van der Waals surface area contributed by atoms with Gasteiger partial charge in [0, 0.05) is 6.04 Å². The van der Waals surface area contributed by atoms with Gasteiger partial charge in [-0.2, -0.15) is 0 Å². The van der Waals surface area contributed by atoms with Crippen molar-refractivity contribution in [2.75, 3.05) is 6.54 Å². The first-order valence-electron chi connectivity index (χ1n) is 6.80. The number of nitrogens with one attached hydrogen (secondary N) is 1. The number of hydrogen-bond donors (Lipinski definition) is 1. The molecule has 1 aromatic carbocycles. The number of benzene rings is 1. The summed E-state index contributed by atoms with van der Waals surface area (Å²) in [6.45, 7) is 4.57. The average molecular weight is 303 g/mol. The highest BCUT2D eigenvalue weighted by atomic mass is 32.2. The molecule has 1 saturated carbocycles. The van der Waals surface area contributed by atoms with Crippen LogP contribution in [0.2, 0.25) is 0 Å². The third-order valence-electron chi connectivity index (χ3n) is 4.05. The molecule has 3 atom stereocenters. The Morgan fingerprint density at radius 3 is 2.65 bits per heavy atom. The zero-order valence-corrected chi connectivity index (χ0v) is 12.4. The number of rotatable bonds is 4. The van der Waals surface area contributed by atoms with E-state index >= 15 is 0 Å². The second-order valence-corrected chi connectivity index (χ2v) is 7.39. The number of hydrogen-bond acceptors (Lipinski definition) is 3. The SMILES string of the molecule is CCNC1CCC(S(=O)(=O)c2cc(F)ccc2F)C1C. The first-order valence-corrected chi connectivity index (χ1v) is 8.35. The van der Waals surface area contributed by atoms with Crippen molar-refractivity contribution in [2.45, 2.75) is 42.9 Å². The maximum absolute atomic E-state index is 13.7. The van der Waals surface area contributed by atoms with Gasteiger partial charge in [-0.1, -0.05) is 13.8 Å². The largest absolute Gasteiger partial charge is 0.314 e. The van der Waals surface area contributed by atoms with Crippen molar-refractivity contribution in [3.8, 4) is 0 Å². The van der Waals surface area contributed by atoms with Gasteiger partial charge in [-0.25, -0.2) is 17.2 Å². The Bertz CT molecular complexity index is 589. The molecule has 3 nitrogen and oxygen atoms in total. The molecule has 6 heteroatoms. The van der Waals surface area contributed by atoms with Crippen molar-refractivity contribution < 1.29 is 17.2 Å². The molecule has 0 aromatic heterocycles. The Balaban J connectivity index is 2.34. The fourth-order valence-electron chi connectivity index (χ4n) is 2.97. The van der Waals surface area contributed by atoms with Gasteiger partial charge in [-0.15, -0.1) is 0 Å². The molecule has 112 valence electrons. The van der Waals surface area contributed by atoms with Crippen molar-refractivity contribution in [1.29, 1.82) is 0 Å². The normalized spacial score (nSPS) is 26.9. The fraction of sp³-hybridized carbons (Fsp3) is 0.571. The maximum atomic E-state index is 13.7. The molecular weight excluding hydrogens is 284 g/mol. The summed E-state index contributed by atoms with van der Waals surface area (Å²) in [5.74, 6) is -1.74. The van der Waals surface area contributed by atoms with E-state index in [1.54, 1.807) is 0 Å². The second-order valence-electron chi connectivity index (χ2n) is 5.26. The number of sulfone groups is 1. The van der Waals surface area contributed by atoms with Gasteiger partial charge in [0.15, 0.2) is 9.84 Å². The van der Waals surface area contributed by atoms with Gasteiger partial charge >= 0.3 is 0 Å². The lowest BCUT2D eigenvalue weighted by Crippen LogP contribution is -2.36. The van der Waals surface area contributed by atoms with Crippen LogP contribution in [0.25, 0.3) is 0 Å². The van der Waals surface area contributed by atoms with Crippen LogP contribution in [0, 0.1) is 17.6 Å². The molecule has 0 bridgehead atoms. The van der Waals surface area contributed by atoms with Gasteiger partial charge in [0.05, 0.1) is 5.25 Å². The molecule has 0 aliphatic heterocycles. The van der Waals surface area contributed by atoms with E-state index in [-0.39, 0.29) is 12.0 Å². The molecule has 1 aromatic rings. The first kappa shape index (κ1) is 15.4. The molecular formula is C14H19F2NO2S. The Labute approximate surface area is 118 Å². The highest BCUT2D eigenvalue weighted by molar-refractivity contribution is 7.92. The highest BCUT2D eigenvalue weighted by Crippen LogP contribution is 2.35. The molecule has 1 fully saturated rings. The van der Waals surface area contributed by atoms with Crippen LogP contribution in [0.15, 0.2) is 23.1 Å². The van der Waals surface area contributed by atoms with Crippen LogP contribution in [-0.2, 0) is 9.84 Å². The van der Waals surface area contributed by atoms with Gasteiger partial charge < -0.3 is 5.32 Å². The second kappa shape index (κ2) is 5.77. The Morgan fingerprint density at radius 1 is 1.30 bits per heavy atom. The Hall–Kier alpha value is -1.01. The quantitative estimate of drug-likeness (QED) is 0.929. The molecule has 1 aliphatic carbocycles. The summed E-state index contributed by atoms with van der Waals surface area (Å²) >= 11 is 0. The van der Waals surface area contributed by atoms with Gasteiger partial charge in [-0.05, 0) is 43.5 Å². The Kier molecular flexibility index (Phi) is 4.44. The zero-order chi connectivity index (χ0) is 14.9. The van der Waals surface area contributed by atoms with Crippen LogP contribution >= 0.6 is 0 Å². The van der Waals surface area contributed by atoms with Crippen LogP contribution in [0.5, 0.6) is 0 Å². The third kappa shape index (κ3) is 2.72. The summed E-state index contributed by atoms with van der Waals surface area (Å²) in [7, 11) is -3.85. The van der Waals surface area contributed by atoms with Crippen molar-refractivity contribution in [1.82, 2.24) is 5.32 Å². The fourth-order valence-corrected chi connectivity index (χ4v) is 5.12. The molecule has 20 heavy (non-hydrogen) atoms. The van der Waals surface area contributed by atoms with E-state index in [9.17, 15) is 17.2 Å². The monoisotopic (exact) mass is 303 g/mol. The van der Waals surface area contributed by atoms with Crippen LogP contribution in [-0.4, -0.2) is 26.3 Å². The third-order valence-corrected chi connectivity index (χ3v) is 6.44. The molecule has 1 aliphatic rings. The molecule has 2 rings (SSSR count). The lowest BCUT2D eigenvalue weighted by atomic mass is 10.1. The summed E-state index contributed by atoms with van der Waals surface area (Å²) in [6, 6.07) is 2.67. The van der Waals surface area contributed by atoms with Crippen molar-refractivity contribution >= 4 is 9.84 Å². The zero-order valence-electron chi connectivity index (χ0n) is 11.6. The molecule has 0 radical (unpaired) electrons. The smallest absolute Gasteiger partial charge is 0.184 e. The Morgan fingerprint density at radius 2 is 2.00 bits per heavy atom. The summed E-state index contributed by atoms with van der Waals surface area (Å²) in [5.41, 5.74) is 0. The molecule has 0 spiro atoms. The summed E-state index contributed by atoms with van der Waals surface area (Å²) in [5, 5.41) is 2.58. The van der Waals surface area contributed by atoms with Crippen LogP contribution in [0.4, 0.5) is 8.78 Å². The standard InChI is InChI=1S/C14H19F2NO2S/c1-3-17-12-6-7-13(9(12)2)20(18,19)14-8-10(15)4-5-11(14)16/h4-5,8-9,12-13,17H,3,6-7H2,1-2H3. The van der Waals surface area contributed by atoms with Crippen molar-refractivity contribution in [3.05, 3.63) is 29.8 Å². The van der Waals surface area contributed by atoms with E-state index in [2.05, 4.69) is 5.32 Å². The summed E-state index contributed by atoms with van der Waals surface area (Å²) in [6.07, 6.45) is 1.20. The van der Waals surface area contributed by atoms with Crippen molar-refractivity contribution in [2.24, 2.45) is 5.92 Å². The van der Waals surface area contributed by atoms with E-state index in [0.29, 0.717) is 6.42 Å². The van der Waals surface area contributed by atoms with Crippen LogP contribution < -0.4 is 5.32 Å². The minimum atomic E-state index is -3.85. The topological polar surface area (TPSA) is 46.2 Å². The molecule has 0 amide bonds. The highest BCUT2D eigenvalue weighted by Gasteiger charge is 2.42. The lowest BCUT2D eigenvalue weighted by molar-refractivity contribution is 0.432. The van der Waals surface area contributed by atoms with Crippen molar-refractivity contribution in [3.63, 3.8) is 0 Å². The van der Waals surface area contributed by atoms with E-state index in [0.717, 1.165) is 31.2 Å². The average Bonchev–Trinajstić information content (AvgIpc) is 2.75. The molecule has 3 unspecified atom stereocenters. The minimum Gasteiger partial charge on any atom is -0.314 e. The maximum Gasteiger partial charge on any atom is 0.184 e. The molecule has 0 saturated heterocycles. The van der Waals surface area contributed by atoms with Gasteiger partial charge in [0.2, 0.25) is 0 Å². The van der Waals surface area contributed by atoms with Gasteiger partial charge in [0.25, 0.3) is 0 Å². The van der Waals surface area contributed by atoms with E-state index in [1.165, 1.54) is 0 Å². The molecule has 1 N–H and O–H groups in total. The van der Waals surface area contributed by atoms with Crippen LogP contribution in [0.3, 0.4) is 0 Å². The van der Waals surface area contributed by atoms with E-state index in [1.807, 2.05) is 13.8 Å². The van der Waals surface area contributed by atoms with E-state index in [4.69, 9.17) is 0 Å². The summed E-state index contributed by atoms with van der Waals surface area (Å²) in [4.78, 5) is -0.522. The number of halogens is 2. The van der Waals surface area contributed by atoms with Crippen LogP contribution in [0.1, 0.15) is 26.7 Å².